The van der Waals surface area contributed by atoms with Crippen molar-refractivity contribution in [3.05, 3.63) is 30.3 Å². The van der Waals surface area contributed by atoms with Crippen LogP contribution < -0.4 is 10.2 Å². The topological polar surface area (TPSA) is 34.1 Å². The van der Waals surface area contributed by atoms with Gasteiger partial charge in [0.05, 0.1) is 0 Å². The Kier molecular flexibility index (Phi) is 8.29. The van der Waals surface area contributed by atoms with Crippen LogP contribution in [0.1, 0.15) is 12.8 Å². The van der Waals surface area contributed by atoms with Gasteiger partial charge < -0.3 is 20.0 Å². The molecule has 1 atom stereocenters. The number of hydrogen-bond acceptors (Lipinski definition) is 3. The third-order valence-corrected chi connectivity index (χ3v) is 5.18. The summed E-state index contributed by atoms with van der Waals surface area (Å²) in [6.45, 7) is 7.64. The van der Waals surface area contributed by atoms with E-state index in [2.05, 4.69) is 62.4 Å². The molecule has 0 aromatic heterocycles. The van der Waals surface area contributed by atoms with Crippen molar-refractivity contribution in [3.8, 4) is 0 Å². The van der Waals surface area contributed by atoms with Crippen molar-refractivity contribution in [2.75, 3.05) is 64.8 Å². The number of piperidine rings is 1. The third-order valence-electron chi connectivity index (χ3n) is 5.18. The van der Waals surface area contributed by atoms with Crippen molar-refractivity contribution in [2.45, 2.75) is 12.8 Å². The molecule has 6 heteroatoms. The van der Waals surface area contributed by atoms with Crippen molar-refractivity contribution < 1.29 is 0 Å². The van der Waals surface area contributed by atoms with E-state index in [9.17, 15) is 0 Å². The molecule has 2 fully saturated rings. The first kappa shape index (κ1) is 20.3. The molecule has 1 aromatic rings. The zero-order valence-electron chi connectivity index (χ0n) is 15.5. The Bertz CT molecular complexity index is 528. The van der Waals surface area contributed by atoms with Crippen LogP contribution in [-0.4, -0.2) is 75.7 Å². The second-order valence-electron chi connectivity index (χ2n) is 7.01. The number of para-hydroxylation sites is 1. The normalized spacial score (nSPS) is 22.5. The van der Waals surface area contributed by atoms with Crippen LogP contribution in [0.5, 0.6) is 0 Å². The third kappa shape index (κ3) is 5.74. The van der Waals surface area contributed by atoms with E-state index in [-0.39, 0.29) is 24.0 Å². The van der Waals surface area contributed by atoms with Gasteiger partial charge in [-0.1, -0.05) is 18.2 Å². The van der Waals surface area contributed by atoms with Crippen molar-refractivity contribution in [2.24, 2.45) is 10.9 Å². The Labute approximate surface area is 169 Å². The van der Waals surface area contributed by atoms with Crippen molar-refractivity contribution >= 4 is 35.6 Å². The fourth-order valence-electron chi connectivity index (χ4n) is 3.82. The van der Waals surface area contributed by atoms with E-state index in [0.29, 0.717) is 0 Å². The van der Waals surface area contributed by atoms with Gasteiger partial charge in [0.2, 0.25) is 0 Å². The van der Waals surface area contributed by atoms with Gasteiger partial charge in [-0.25, -0.2) is 0 Å². The Morgan fingerprint density at radius 3 is 2.48 bits per heavy atom. The molecule has 0 aliphatic carbocycles. The van der Waals surface area contributed by atoms with Gasteiger partial charge in [0, 0.05) is 52.0 Å². The average molecular weight is 457 g/mol. The lowest BCUT2D eigenvalue weighted by molar-refractivity contribution is 0.209. The van der Waals surface area contributed by atoms with Gasteiger partial charge in [0.15, 0.2) is 5.96 Å². The van der Waals surface area contributed by atoms with Crippen LogP contribution in [0.4, 0.5) is 5.69 Å². The van der Waals surface area contributed by atoms with E-state index in [4.69, 9.17) is 0 Å². The Hall–Kier alpha value is -1.02. The van der Waals surface area contributed by atoms with Gasteiger partial charge in [0.25, 0.3) is 0 Å². The van der Waals surface area contributed by atoms with Crippen molar-refractivity contribution in [3.63, 3.8) is 0 Å². The lowest BCUT2D eigenvalue weighted by Crippen LogP contribution is -2.53. The van der Waals surface area contributed by atoms with Gasteiger partial charge in [-0.05, 0) is 44.5 Å². The highest BCUT2D eigenvalue weighted by Gasteiger charge is 2.21. The van der Waals surface area contributed by atoms with Gasteiger partial charge in [-0.2, -0.15) is 0 Å². The molecule has 1 N–H and O–H groups in total. The number of nitrogens with zero attached hydrogens (tertiary/aromatic N) is 4. The Morgan fingerprint density at radius 1 is 1.12 bits per heavy atom. The van der Waals surface area contributed by atoms with Crippen LogP contribution in [0.25, 0.3) is 0 Å². The van der Waals surface area contributed by atoms with Crippen LogP contribution in [0, 0.1) is 5.92 Å². The number of aliphatic imine (C=N–C) groups is 1. The SMILES string of the molecule is CN=C(NCC1CCCN(C)C1)N1CCN(c2ccccc2)CC1.I. The summed E-state index contributed by atoms with van der Waals surface area (Å²) in [6.07, 6.45) is 2.65. The second kappa shape index (κ2) is 10.2. The second-order valence-corrected chi connectivity index (χ2v) is 7.01. The predicted octanol–water partition coefficient (Wildman–Crippen LogP) is 2.34. The Balaban J connectivity index is 0.00000225. The number of halogens is 1. The number of nitrogens with one attached hydrogen (secondary N) is 1. The highest BCUT2D eigenvalue weighted by molar-refractivity contribution is 14.0. The molecule has 0 radical (unpaired) electrons. The first-order chi connectivity index (χ1) is 11.8. The smallest absolute Gasteiger partial charge is 0.193 e. The number of piperazine rings is 1. The van der Waals surface area contributed by atoms with Gasteiger partial charge >= 0.3 is 0 Å². The zero-order chi connectivity index (χ0) is 16.8. The van der Waals surface area contributed by atoms with Gasteiger partial charge in [0.1, 0.15) is 0 Å². The maximum Gasteiger partial charge on any atom is 0.193 e. The van der Waals surface area contributed by atoms with Crippen LogP contribution in [0.3, 0.4) is 0 Å². The molecular formula is C19H32IN5. The molecule has 2 aliphatic rings. The minimum absolute atomic E-state index is 0. The highest BCUT2D eigenvalue weighted by atomic mass is 127. The van der Waals surface area contributed by atoms with E-state index < -0.39 is 0 Å². The number of benzene rings is 1. The molecule has 1 unspecified atom stereocenters. The minimum atomic E-state index is 0. The summed E-state index contributed by atoms with van der Waals surface area (Å²) >= 11 is 0. The number of anilines is 1. The summed E-state index contributed by atoms with van der Waals surface area (Å²) in [5, 5.41) is 3.61. The van der Waals surface area contributed by atoms with Crippen molar-refractivity contribution in [1.82, 2.24) is 15.1 Å². The fourth-order valence-corrected chi connectivity index (χ4v) is 3.82. The summed E-state index contributed by atoms with van der Waals surface area (Å²) in [5.41, 5.74) is 1.32. The van der Waals surface area contributed by atoms with Crippen molar-refractivity contribution in [1.29, 1.82) is 0 Å². The standard InChI is InChI=1S/C19H31N5.HI/c1-20-19(21-15-17-7-6-10-22(2)16-17)24-13-11-23(12-14-24)18-8-4-3-5-9-18;/h3-5,8-9,17H,6-7,10-16H2,1-2H3,(H,20,21);1H. The first-order valence-electron chi connectivity index (χ1n) is 9.20. The molecular weight excluding hydrogens is 425 g/mol. The van der Waals surface area contributed by atoms with Crippen LogP contribution >= 0.6 is 24.0 Å². The van der Waals surface area contributed by atoms with E-state index in [1.807, 2.05) is 7.05 Å². The van der Waals surface area contributed by atoms with Gasteiger partial charge in [-0.15, -0.1) is 24.0 Å². The number of rotatable bonds is 3. The molecule has 0 bridgehead atoms. The number of hydrogen-bond donors (Lipinski definition) is 1. The summed E-state index contributed by atoms with van der Waals surface area (Å²) in [5.74, 6) is 1.81. The molecule has 2 aliphatic heterocycles. The lowest BCUT2D eigenvalue weighted by Gasteiger charge is -2.38. The Morgan fingerprint density at radius 2 is 1.84 bits per heavy atom. The average Bonchev–Trinajstić information content (AvgIpc) is 2.64. The molecule has 2 heterocycles. The molecule has 0 amide bonds. The van der Waals surface area contributed by atoms with Crippen LogP contribution in [0.2, 0.25) is 0 Å². The maximum atomic E-state index is 4.51. The molecule has 5 nitrogen and oxygen atoms in total. The largest absolute Gasteiger partial charge is 0.368 e. The predicted molar refractivity (Wildman–Crippen MR) is 117 cm³/mol. The van der Waals surface area contributed by atoms with E-state index >= 15 is 0 Å². The maximum absolute atomic E-state index is 4.51. The van der Waals surface area contributed by atoms with E-state index in [1.165, 1.54) is 31.6 Å². The fraction of sp³-hybridized carbons (Fsp3) is 0.632. The number of likely N-dealkylation sites (tertiary alicyclic amines) is 1. The summed E-state index contributed by atoms with van der Waals surface area (Å²) in [6, 6.07) is 10.7. The number of guanidine groups is 1. The minimum Gasteiger partial charge on any atom is -0.368 e. The molecule has 3 rings (SSSR count). The molecule has 0 spiro atoms. The zero-order valence-corrected chi connectivity index (χ0v) is 17.9. The molecule has 0 saturated carbocycles. The van der Waals surface area contributed by atoms with Crippen LogP contribution in [0.15, 0.2) is 35.3 Å². The molecule has 2 saturated heterocycles. The lowest BCUT2D eigenvalue weighted by atomic mass is 9.98. The molecule has 1 aromatic carbocycles. The molecule has 140 valence electrons. The van der Waals surface area contributed by atoms with E-state index in [0.717, 1.165) is 44.6 Å². The molecule has 25 heavy (non-hydrogen) atoms. The summed E-state index contributed by atoms with van der Waals surface area (Å²) in [4.78, 5) is 11.8. The quantitative estimate of drug-likeness (QED) is 0.430. The first-order valence-corrected chi connectivity index (χ1v) is 9.20. The monoisotopic (exact) mass is 457 g/mol. The highest BCUT2D eigenvalue weighted by Crippen LogP contribution is 2.16. The van der Waals surface area contributed by atoms with Crippen LogP contribution in [-0.2, 0) is 0 Å². The summed E-state index contributed by atoms with van der Waals surface area (Å²) < 4.78 is 0. The van der Waals surface area contributed by atoms with E-state index in [1.54, 1.807) is 0 Å². The van der Waals surface area contributed by atoms with Gasteiger partial charge in [-0.3, -0.25) is 4.99 Å². The summed E-state index contributed by atoms with van der Waals surface area (Å²) in [7, 11) is 4.13.